The van der Waals surface area contributed by atoms with Crippen LogP contribution < -0.4 is 5.32 Å². The molecule has 1 saturated heterocycles. The van der Waals surface area contributed by atoms with E-state index < -0.39 is 0 Å². The first kappa shape index (κ1) is 12.9. The van der Waals surface area contributed by atoms with Crippen LogP contribution in [0.5, 0.6) is 0 Å². The topological polar surface area (TPSA) is 32.3 Å². The third-order valence-electron chi connectivity index (χ3n) is 1.07. The number of nitrogens with zero attached hydrogens (tertiary/aromatic N) is 1. The highest BCUT2D eigenvalue weighted by Gasteiger charge is 2.12. The van der Waals surface area contributed by atoms with Crippen LogP contribution >= 0.6 is 0 Å². The first-order chi connectivity index (χ1) is 5.30. The summed E-state index contributed by atoms with van der Waals surface area (Å²) < 4.78 is 0. The van der Waals surface area contributed by atoms with Crippen molar-refractivity contribution in [2.75, 3.05) is 20.1 Å². The number of carbonyl (C=O) groups is 1. The second-order valence-corrected chi connectivity index (χ2v) is 1.65. The Kier molecular flexibility index (Phi) is 10.9. The van der Waals surface area contributed by atoms with Crippen LogP contribution in [-0.2, 0) is 0 Å². The number of amides is 2. The summed E-state index contributed by atoms with van der Waals surface area (Å²) in [6.45, 7) is 9.65. The van der Waals surface area contributed by atoms with Gasteiger partial charge in [-0.15, -0.1) is 0 Å². The van der Waals surface area contributed by atoms with Gasteiger partial charge in [-0.2, -0.15) is 0 Å². The lowest BCUT2D eigenvalue weighted by molar-refractivity contribution is 0.226. The first-order valence-corrected chi connectivity index (χ1v) is 4.29. The lowest BCUT2D eigenvalue weighted by Crippen LogP contribution is -2.23. The van der Waals surface area contributed by atoms with Crippen molar-refractivity contribution in [3.05, 3.63) is 0 Å². The quantitative estimate of drug-likeness (QED) is 0.574. The molecule has 0 aromatic rings. The number of likely N-dealkylation sites (N-methyl/N-ethyl adjacent to an activating group) is 1. The molecule has 0 unspecified atom stereocenters. The maximum Gasteiger partial charge on any atom is 0.317 e. The van der Waals surface area contributed by atoms with Gasteiger partial charge in [-0.05, 0) is 0 Å². The number of nitrogens with one attached hydrogen (secondary N) is 1. The Balaban J connectivity index is 0. The normalized spacial score (nSPS) is 13.9. The van der Waals surface area contributed by atoms with Gasteiger partial charge < -0.3 is 10.2 Å². The van der Waals surface area contributed by atoms with Crippen LogP contribution in [0.4, 0.5) is 4.79 Å². The van der Waals surface area contributed by atoms with Crippen LogP contribution in [0.2, 0.25) is 0 Å². The summed E-state index contributed by atoms with van der Waals surface area (Å²) >= 11 is 0. The molecule has 0 atom stereocenters. The van der Waals surface area contributed by atoms with E-state index in [9.17, 15) is 4.79 Å². The van der Waals surface area contributed by atoms with Crippen molar-refractivity contribution in [2.45, 2.75) is 27.7 Å². The van der Waals surface area contributed by atoms with Crippen molar-refractivity contribution in [3.63, 3.8) is 0 Å². The van der Waals surface area contributed by atoms with Gasteiger partial charge in [-0.1, -0.05) is 27.7 Å². The number of urea groups is 1. The van der Waals surface area contributed by atoms with Crippen molar-refractivity contribution in [1.82, 2.24) is 10.2 Å². The van der Waals surface area contributed by atoms with Crippen molar-refractivity contribution < 1.29 is 4.79 Å². The summed E-state index contributed by atoms with van der Waals surface area (Å²) in [4.78, 5) is 12.0. The number of carbonyl (C=O) groups excluding carboxylic acids is 1. The van der Waals surface area contributed by atoms with E-state index in [0.717, 1.165) is 13.1 Å². The average molecular weight is 160 g/mol. The van der Waals surface area contributed by atoms with Gasteiger partial charge >= 0.3 is 6.03 Å². The third kappa shape index (κ3) is 5.70. The Hall–Kier alpha value is -0.730. The SMILES string of the molecule is CC.CC.CN1CCNC1=O. The number of hydrogen-bond donors (Lipinski definition) is 1. The van der Waals surface area contributed by atoms with Crippen LogP contribution in [0.15, 0.2) is 0 Å². The zero-order chi connectivity index (χ0) is 9.28. The van der Waals surface area contributed by atoms with Crippen molar-refractivity contribution in [2.24, 2.45) is 0 Å². The van der Waals surface area contributed by atoms with E-state index in [2.05, 4.69) is 5.32 Å². The molecule has 3 heteroatoms. The molecule has 1 fully saturated rings. The molecular formula is C8H20N2O. The van der Waals surface area contributed by atoms with E-state index >= 15 is 0 Å². The highest BCUT2D eigenvalue weighted by molar-refractivity contribution is 5.75. The molecule has 0 bridgehead atoms. The fourth-order valence-electron chi connectivity index (χ4n) is 0.567. The molecule has 1 heterocycles. The Morgan fingerprint density at radius 2 is 1.73 bits per heavy atom. The summed E-state index contributed by atoms with van der Waals surface area (Å²) in [5.41, 5.74) is 0. The van der Waals surface area contributed by atoms with Gasteiger partial charge in [0, 0.05) is 20.1 Å². The molecule has 0 radical (unpaired) electrons. The van der Waals surface area contributed by atoms with Gasteiger partial charge in [-0.3, -0.25) is 0 Å². The van der Waals surface area contributed by atoms with Crippen LogP contribution in [0.25, 0.3) is 0 Å². The van der Waals surface area contributed by atoms with Gasteiger partial charge in [0.05, 0.1) is 0 Å². The zero-order valence-corrected chi connectivity index (χ0v) is 8.27. The van der Waals surface area contributed by atoms with E-state index in [-0.39, 0.29) is 6.03 Å². The third-order valence-corrected chi connectivity index (χ3v) is 1.07. The molecular weight excluding hydrogens is 140 g/mol. The molecule has 2 amide bonds. The maximum atomic E-state index is 10.4. The fraction of sp³-hybridized carbons (Fsp3) is 0.875. The maximum absolute atomic E-state index is 10.4. The monoisotopic (exact) mass is 160 g/mol. The van der Waals surface area contributed by atoms with Gasteiger partial charge in [0.15, 0.2) is 0 Å². The molecule has 0 aromatic carbocycles. The molecule has 1 aliphatic heterocycles. The van der Waals surface area contributed by atoms with E-state index in [1.807, 2.05) is 27.7 Å². The molecule has 1 rings (SSSR count). The van der Waals surface area contributed by atoms with E-state index in [1.165, 1.54) is 0 Å². The minimum Gasteiger partial charge on any atom is -0.336 e. The summed E-state index contributed by atoms with van der Waals surface area (Å²) in [6.07, 6.45) is 0. The van der Waals surface area contributed by atoms with E-state index in [1.54, 1.807) is 11.9 Å². The Bertz CT molecular complexity index is 94.1. The molecule has 1 aliphatic rings. The minimum absolute atomic E-state index is 0.0417. The van der Waals surface area contributed by atoms with E-state index in [0.29, 0.717) is 0 Å². The predicted molar refractivity (Wildman–Crippen MR) is 48.7 cm³/mol. The van der Waals surface area contributed by atoms with Crippen molar-refractivity contribution in [1.29, 1.82) is 0 Å². The van der Waals surface area contributed by atoms with Gasteiger partial charge in [0.2, 0.25) is 0 Å². The van der Waals surface area contributed by atoms with Crippen LogP contribution in [-0.4, -0.2) is 31.1 Å². The Labute approximate surface area is 69.8 Å². The van der Waals surface area contributed by atoms with E-state index in [4.69, 9.17) is 0 Å². The lowest BCUT2D eigenvalue weighted by atomic mass is 10.7. The average Bonchev–Trinajstić information content (AvgIpc) is 2.44. The van der Waals surface area contributed by atoms with Crippen LogP contribution in [0.3, 0.4) is 0 Å². The largest absolute Gasteiger partial charge is 0.336 e. The second-order valence-electron chi connectivity index (χ2n) is 1.65. The molecule has 0 aliphatic carbocycles. The summed E-state index contributed by atoms with van der Waals surface area (Å²) in [5.74, 6) is 0. The Morgan fingerprint density at radius 3 is 1.82 bits per heavy atom. The molecule has 0 aromatic heterocycles. The fourth-order valence-corrected chi connectivity index (χ4v) is 0.567. The molecule has 0 spiro atoms. The summed E-state index contributed by atoms with van der Waals surface area (Å²) in [7, 11) is 1.78. The summed E-state index contributed by atoms with van der Waals surface area (Å²) in [5, 5.41) is 2.66. The molecule has 68 valence electrons. The lowest BCUT2D eigenvalue weighted by Gasteiger charge is -2.01. The highest BCUT2D eigenvalue weighted by Crippen LogP contribution is 1.88. The van der Waals surface area contributed by atoms with Gasteiger partial charge in [0.1, 0.15) is 0 Å². The van der Waals surface area contributed by atoms with Crippen LogP contribution in [0.1, 0.15) is 27.7 Å². The highest BCUT2D eigenvalue weighted by atomic mass is 16.2. The number of rotatable bonds is 0. The first-order valence-electron chi connectivity index (χ1n) is 4.29. The second kappa shape index (κ2) is 9.27. The molecule has 3 nitrogen and oxygen atoms in total. The van der Waals surface area contributed by atoms with Gasteiger partial charge in [0.25, 0.3) is 0 Å². The smallest absolute Gasteiger partial charge is 0.317 e. The van der Waals surface area contributed by atoms with Crippen molar-refractivity contribution in [3.8, 4) is 0 Å². The number of hydrogen-bond acceptors (Lipinski definition) is 1. The molecule has 1 N–H and O–H groups in total. The predicted octanol–water partition coefficient (Wildman–Crippen LogP) is 1.69. The summed E-state index contributed by atoms with van der Waals surface area (Å²) in [6, 6.07) is 0.0417. The molecule has 0 saturated carbocycles. The molecule has 11 heavy (non-hydrogen) atoms. The van der Waals surface area contributed by atoms with Crippen LogP contribution in [0, 0.1) is 0 Å². The standard InChI is InChI=1S/C4H8N2O.2C2H6/c1-6-3-2-5-4(6)7;2*1-2/h2-3H2,1H3,(H,5,7);2*1-2H3. The minimum atomic E-state index is 0.0417. The zero-order valence-electron chi connectivity index (χ0n) is 8.27. The Morgan fingerprint density at radius 1 is 1.27 bits per heavy atom. The van der Waals surface area contributed by atoms with Crippen molar-refractivity contribution >= 4 is 6.03 Å². The van der Waals surface area contributed by atoms with Gasteiger partial charge in [-0.25, -0.2) is 4.79 Å².